The lowest BCUT2D eigenvalue weighted by atomic mass is 10.1. The van der Waals surface area contributed by atoms with Gasteiger partial charge in [-0.25, -0.2) is 9.69 Å². The Hall–Kier alpha value is -3.19. The van der Waals surface area contributed by atoms with Crippen LogP contribution in [-0.4, -0.2) is 49.3 Å². The van der Waals surface area contributed by atoms with E-state index in [2.05, 4.69) is 0 Å². The number of amides is 3. The smallest absolute Gasteiger partial charge is 0.338 e. The molecule has 7 nitrogen and oxygen atoms in total. The molecule has 0 radical (unpaired) electrons. The highest BCUT2D eigenvalue weighted by atomic mass is 35.5. The number of likely N-dealkylation sites (N-methyl/N-ethyl adjacent to an activating group) is 1. The predicted molar refractivity (Wildman–Crippen MR) is 98.0 cm³/mol. The fourth-order valence-corrected chi connectivity index (χ4v) is 2.66. The van der Waals surface area contributed by atoms with E-state index in [1.807, 2.05) is 0 Å². The molecule has 2 aromatic carbocycles. The maximum Gasteiger partial charge on any atom is 0.338 e. The topological polar surface area (TPSA) is 84.0 Å². The van der Waals surface area contributed by atoms with Crippen LogP contribution in [0.25, 0.3) is 0 Å². The zero-order valence-electron chi connectivity index (χ0n) is 14.6. The summed E-state index contributed by atoms with van der Waals surface area (Å²) in [7, 11) is 3.09. The van der Waals surface area contributed by atoms with Gasteiger partial charge in [0.2, 0.25) is 0 Å². The molecule has 1 aliphatic rings. The Bertz CT molecular complexity index is 953. The largest absolute Gasteiger partial charge is 0.452 e. The van der Waals surface area contributed by atoms with Crippen LogP contribution in [0.3, 0.4) is 0 Å². The standard InChI is InChI=1S/C19H15ClN2O5/c1-21(2)16(23)10-27-19(26)11-3-8-14-15(9-11)18(25)22(17(14)24)13-6-4-12(20)5-7-13/h3-9H,10H2,1-2H3. The number of nitrogens with zero attached hydrogens (tertiary/aromatic N) is 2. The molecule has 0 bridgehead atoms. The van der Waals surface area contributed by atoms with Gasteiger partial charge < -0.3 is 9.64 Å². The molecule has 0 saturated carbocycles. The molecule has 0 atom stereocenters. The van der Waals surface area contributed by atoms with Crippen molar-refractivity contribution >= 4 is 41.0 Å². The molecule has 2 aromatic rings. The normalized spacial score (nSPS) is 12.8. The van der Waals surface area contributed by atoms with Gasteiger partial charge in [-0.2, -0.15) is 0 Å². The zero-order valence-corrected chi connectivity index (χ0v) is 15.3. The molecule has 0 aromatic heterocycles. The first-order valence-corrected chi connectivity index (χ1v) is 8.33. The SMILES string of the molecule is CN(C)C(=O)COC(=O)c1ccc2c(c1)C(=O)N(c1ccc(Cl)cc1)C2=O. The summed E-state index contributed by atoms with van der Waals surface area (Å²) >= 11 is 5.84. The van der Waals surface area contributed by atoms with Gasteiger partial charge in [0, 0.05) is 19.1 Å². The number of hydrogen-bond donors (Lipinski definition) is 0. The first-order valence-electron chi connectivity index (χ1n) is 7.95. The molecule has 3 rings (SSSR count). The molecular weight excluding hydrogens is 372 g/mol. The Morgan fingerprint density at radius 2 is 1.63 bits per heavy atom. The summed E-state index contributed by atoms with van der Waals surface area (Å²) in [6.45, 7) is -0.410. The quantitative estimate of drug-likeness (QED) is 0.595. The maximum atomic E-state index is 12.7. The van der Waals surface area contributed by atoms with E-state index in [1.165, 1.54) is 23.1 Å². The third kappa shape index (κ3) is 3.54. The van der Waals surface area contributed by atoms with Crippen molar-refractivity contribution in [3.63, 3.8) is 0 Å². The Morgan fingerprint density at radius 1 is 1.00 bits per heavy atom. The number of anilines is 1. The molecule has 8 heteroatoms. The second-order valence-corrected chi connectivity index (χ2v) is 6.48. The summed E-state index contributed by atoms with van der Waals surface area (Å²) in [4.78, 5) is 51.2. The summed E-state index contributed by atoms with van der Waals surface area (Å²) in [6, 6.07) is 10.4. The van der Waals surface area contributed by atoms with Crippen LogP contribution in [0.2, 0.25) is 5.02 Å². The van der Waals surface area contributed by atoms with Gasteiger partial charge in [0.1, 0.15) is 0 Å². The minimum Gasteiger partial charge on any atom is -0.452 e. The van der Waals surface area contributed by atoms with E-state index in [-0.39, 0.29) is 22.6 Å². The average Bonchev–Trinajstić information content (AvgIpc) is 2.90. The Balaban J connectivity index is 1.84. The number of halogens is 1. The Kier molecular flexibility index (Phi) is 4.96. The van der Waals surface area contributed by atoms with Crippen molar-refractivity contribution in [3.8, 4) is 0 Å². The van der Waals surface area contributed by atoms with Crippen LogP contribution < -0.4 is 4.90 Å². The highest BCUT2D eigenvalue weighted by molar-refractivity contribution is 6.35. The van der Waals surface area contributed by atoms with Crippen molar-refractivity contribution < 1.29 is 23.9 Å². The number of esters is 1. The van der Waals surface area contributed by atoms with Gasteiger partial charge in [-0.05, 0) is 42.5 Å². The van der Waals surface area contributed by atoms with Gasteiger partial charge in [-0.1, -0.05) is 11.6 Å². The average molecular weight is 387 g/mol. The molecular formula is C19H15ClN2O5. The van der Waals surface area contributed by atoms with Gasteiger partial charge in [-0.15, -0.1) is 0 Å². The van der Waals surface area contributed by atoms with Crippen LogP contribution in [0.1, 0.15) is 31.1 Å². The van der Waals surface area contributed by atoms with E-state index >= 15 is 0 Å². The minimum absolute atomic E-state index is 0.0828. The zero-order chi connectivity index (χ0) is 19.7. The van der Waals surface area contributed by atoms with Gasteiger partial charge in [0.15, 0.2) is 6.61 Å². The van der Waals surface area contributed by atoms with Crippen LogP contribution in [0.15, 0.2) is 42.5 Å². The van der Waals surface area contributed by atoms with E-state index < -0.39 is 24.4 Å². The van der Waals surface area contributed by atoms with Crippen LogP contribution in [0, 0.1) is 0 Å². The minimum atomic E-state index is -0.752. The summed E-state index contributed by atoms with van der Waals surface area (Å²) in [5, 5.41) is 0.479. The number of benzene rings is 2. The summed E-state index contributed by atoms with van der Waals surface area (Å²) in [5.41, 5.74) is 0.755. The number of carbonyl (C=O) groups is 4. The molecule has 3 amide bonds. The fourth-order valence-electron chi connectivity index (χ4n) is 2.53. The lowest BCUT2D eigenvalue weighted by molar-refractivity contribution is -0.131. The third-order valence-electron chi connectivity index (χ3n) is 4.03. The van der Waals surface area contributed by atoms with Crippen molar-refractivity contribution in [1.82, 2.24) is 4.90 Å². The van der Waals surface area contributed by atoms with Gasteiger partial charge in [0.25, 0.3) is 17.7 Å². The fraction of sp³-hybridized carbons (Fsp3) is 0.158. The summed E-state index contributed by atoms with van der Waals surface area (Å²) in [5.74, 6) is -2.15. The highest BCUT2D eigenvalue weighted by Crippen LogP contribution is 2.30. The second-order valence-electron chi connectivity index (χ2n) is 6.05. The molecule has 27 heavy (non-hydrogen) atoms. The van der Waals surface area contributed by atoms with Crippen molar-refractivity contribution in [2.24, 2.45) is 0 Å². The molecule has 138 valence electrons. The van der Waals surface area contributed by atoms with E-state index in [0.29, 0.717) is 10.7 Å². The van der Waals surface area contributed by atoms with Crippen molar-refractivity contribution in [2.45, 2.75) is 0 Å². The monoisotopic (exact) mass is 386 g/mol. The van der Waals surface area contributed by atoms with E-state index in [0.717, 1.165) is 4.90 Å². The second kappa shape index (κ2) is 7.20. The van der Waals surface area contributed by atoms with Gasteiger partial charge in [-0.3, -0.25) is 14.4 Å². The molecule has 1 heterocycles. The van der Waals surface area contributed by atoms with Crippen LogP contribution >= 0.6 is 11.6 Å². The number of hydrogen-bond acceptors (Lipinski definition) is 5. The summed E-state index contributed by atoms with van der Waals surface area (Å²) < 4.78 is 4.94. The van der Waals surface area contributed by atoms with Gasteiger partial charge in [0.05, 0.1) is 22.4 Å². The van der Waals surface area contributed by atoms with Crippen molar-refractivity contribution in [3.05, 3.63) is 64.2 Å². The molecule has 0 spiro atoms. The number of fused-ring (bicyclic) bond motifs is 1. The van der Waals surface area contributed by atoms with Crippen LogP contribution in [0.5, 0.6) is 0 Å². The van der Waals surface area contributed by atoms with Gasteiger partial charge >= 0.3 is 5.97 Å². The first-order chi connectivity index (χ1) is 12.8. The number of rotatable bonds is 4. The Labute approximate surface area is 160 Å². The van der Waals surface area contributed by atoms with E-state index in [9.17, 15) is 19.2 Å². The number of imide groups is 1. The van der Waals surface area contributed by atoms with Crippen molar-refractivity contribution in [2.75, 3.05) is 25.6 Å². The molecule has 0 aliphatic carbocycles. The molecule has 0 N–H and O–H groups in total. The van der Waals surface area contributed by atoms with Crippen LogP contribution in [0.4, 0.5) is 5.69 Å². The number of carbonyl (C=O) groups excluding carboxylic acids is 4. The van der Waals surface area contributed by atoms with E-state index in [1.54, 1.807) is 38.4 Å². The maximum absolute atomic E-state index is 12.7. The lowest BCUT2D eigenvalue weighted by Crippen LogP contribution is -2.29. The Morgan fingerprint density at radius 3 is 2.26 bits per heavy atom. The van der Waals surface area contributed by atoms with E-state index in [4.69, 9.17) is 16.3 Å². The molecule has 0 saturated heterocycles. The summed E-state index contributed by atoms with van der Waals surface area (Å²) in [6.07, 6.45) is 0. The van der Waals surface area contributed by atoms with Crippen LogP contribution in [-0.2, 0) is 9.53 Å². The first kappa shape index (κ1) is 18.6. The third-order valence-corrected chi connectivity index (χ3v) is 4.28. The molecule has 0 fully saturated rings. The predicted octanol–water partition coefficient (Wildman–Crippen LogP) is 2.39. The molecule has 0 unspecified atom stereocenters. The van der Waals surface area contributed by atoms with Crippen molar-refractivity contribution in [1.29, 1.82) is 0 Å². The molecule has 1 aliphatic heterocycles. The number of ether oxygens (including phenoxy) is 1. The lowest BCUT2D eigenvalue weighted by Gasteiger charge is -2.13. The highest BCUT2D eigenvalue weighted by Gasteiger charge is 2.37.